The molecule has 1 aromatic carbocycles. The van der Waals surface area contributed by atoms with Crippen LogP contribution in [0.5, 0.6) is 0 Å². The van der Waals surface area contributed by atoms with Gasteiger partial charge in [0.05, 0.1) is 4.90 Å². The van der Waals surface area contributed by atoms with Crippen LogP contribution in [0.25, 0.3) is 0 Å². The van der Waals surface area contributed by atoms with Gasteiger partial charge in [0.15, 0.2) is 0 Å². The van der Waals surface area contributed by atoms with Gasteiger partial charge < -0.3 is 0 Å². The van der Waals surface area contributed by atoms with E-state index < -0.39 is 10.0 Å². The first-order valence-electron chi connectivity index (χ1n) is 6.70. The summed E-state index contributed by atoms with van der Waals surface area (Å²) in [5.74, 6) is 0.493. The van der Waals surface area contributed by atoms with Crippen LogP contribution in [0.1, 0.15) is 31.2 Å². The van der Waals surface area contributed by atoms with Gasteiger partial charge in [-0.25, -0.2) is 8.42 Å². The number of benzene rings is 1. The first kappa shape index (κ1) is 14.8. The normalized spacial score (nSPS) is 16.6. The highest BCUT2D eigenvalue weighted by atomic mass is 35.5. The van der Waals surface area contributed by atoms with Crippen molar-refractivity contribution in [3.63, 3.8) is 0 Å². The van der Waals surface area contributed by atoms with Gasteiger partial charge in [-0.1, -0.05) is 18.6 Å². The summed E-state index contributed by atoms with van der Waals surface area (Å²) in [6.07, 6.45) is 3.75. The van der Waals surface area contributed by atoms with Gasteiger partial charge in [0.25, 0.3) is 0 Å². The van der Waals surface area contributed by atoms with Crippen LogP contribution >= 0.6 is 11.6 Å². The number of halogens is 1. The topological polar surface area (TPSA) is 37.4 Å². The maximum absolute atomic E-state index is 12.7. The summed E-state index contributed by atoms with van der Waals surface area (Å²) in [7, 11) is -3.38. The number of rotatable bonds is 6. The van der Waals surface area contributed by atoms with E-state index in [-0.39, 0.29) is 6.04 Å². The van der Waals surface area contributed by atoms with E-state index in [1.807, 2.05) is 13.0 Å². The van der Waals surface area contributed by atoms with Crippen molar-refractivity contribution < 1.29 is 8.42 Å². The molecule has 106 valence electrons. The highest BCUT2D eigenvalue weighted by Gasteiger charge is 2.34. The second-order valence-electron chi connectivity index (χ2n) is 5.06. The molecule has 19 heavy (non-hydrogen) atoms. The fourth-order valence-corrected chi connectivity index (χ4v) is 4.25. The van der Waals surface area contributed by atoms with Crippen molar-refractivity contribution in [3.8, 4) is 0 Å². The second-order valence-corrected chi connectivity index (χ2v) is 7.33. The predicted octanol–water partition coefficient (Wildman–Crippen LogP) is 3.17. The van der Waals surface area contributed by atoms with Crippen LogP contribution in [-0.4, -0.2) is 31.2 Å². The summed E-state index contributed by atoms with van der Waals surface area (Å²) in [6.45, 7) is 2.43. The van der Waals surface area contributed by atoms with Gasteiger partial charge in [0.2, 0.25) is 10.0 Å². The smallest absolute Gasteiger partial charge is 0.207 e. The summed E-state index contributed by atoms with van der Waals surface area (Å²) in [5.41, 5.74) is 0.965. The van der Waals surface area contributed by atoms with Crippen LogP contribution in [0.4, 0.5) is 0 Å². The molecule has 1 aliphatic rings. The Hall–Kier alpha value is -0.580. The Bertz CT molecular complexity index is 526. The zero-order valence-electron chi connectivity index (χ0n) is 11.2. The summed E-state index contributed by atoms with van der Waals surface area (Å²) in [4.78, 5) is 0.397. The van der Waals surface area contributed by atoms with Gasteiger partial charge in [-0.05, 0) is 43.9 Å². The standard InChI is InChI=1S/C14H20ClNO2S/c1-12-5-2-8-14(11-12)19(17,18)16(10-4-9-15)13-6-3-7-13/h2,5,8,11,13H,3-4,6-7,9-10H2,1H3. The Morgan fingerprint density at radius 2 is 2.11 bits per heavy atom. The minimum Gasteiger partial charge on any atom is -0.207 e. The first-order valence-corrected chi connectivity index (χ1v) is 8.67. The lowest BCUT2D eigenvalue weighted by atomic mass is 9.93. The fourth-order valence-electron chi connectivity index (χ4n) is 2.30. The van der Waals surface area contributed by atoms with E-state index in [1.165, 1.54) is 0 Å². The average molecular weight is 302 g/mol. The lowest BCUT2D eigenvalue weighted by Crippen LogP contribution is -2.44. The highest BCUT2D eigenvalue weighted by molar-refractivity contribution is 7.89. The van der Waals surface area contributed by atoms with E-state index in [0.717, 1.165) is 24.8 Å². The number of hydrogen-bond acceptors (Lipinski definition) is 2. The molecule has 0 aromatic heterocycles. The van der Waals surface area contributed by atoms with Gasteiger partial charge in [-0.15, -0.1) is 11.6 Å². The van der Waals surface area contributed by atoms with Crippen molar-refractivity contribution in [1.82, 2.24) is 4.31 Å². The van der Waals surface area contributed by atoms with E-state index in [1.54, 1.807) is 22.5 Å². The molecule has 1 saturated carbocycles. The zero-order chi connectivity index (χ0) is 13.9. The molecule has 0 N–H and O–H groups in total. The van der Waals surface area contributed by atoms with Crippen molar-refractivity contribution in [2.24, 2.45) is 0 Å². The molecule has 1 aliphatic carbocycles. The van der Waals surface area contributed by atoms with Crippen LogP contribution < -0.4 is 0 Å². The van der Waals surface area contributed by atoms with E-state index in [2.05, 4.69) is 0 Å². The van der Waals surface area contributed by atoms with Gasteiger partial charge in [0, 0.05) is 18.5 Å². The predicted molar refractivity (Wildman–Crippen MR) is 78.0 cm³/mol. The molecule has 0 heterocycles. The zero-order valence-corrected chi connectivity index (χ0v) is 12.8. The number of hydrogen-bond donors (Lipinski definition) is 0. The number of alkyl halides is 1. The lowest BCUT2D eigenvalue weighted by Gasteiger charge is -2.36. The van der Waals surface area contributed by atoms with E-state index in [0.29, 0.717) is 23.7 Å². The molecule has 0 unspecified atom stereocenters. The van der Waals surface area contributed by atoms with Gasteiger partial charge in [0.1, 0.15) is 0 Å². The molecular formula is C14H20ClNO2S. The van der Waals surface area contributed by atoms with Crippen molar-refractivity contribution in [2.45, 2.75) is 43.5 Å². The van der Waals surface area contributed by atoms with E-state index in [4.69, 9.17) is 11.6 Å². The Morgan fingerprint density at radius 3 is 2.63 bits per heavy atom. The van der Waals surface area contributed by atoms with Crippen LogP contribution in [0.15, 0.2) is 29.2 Å². The minimum absolute atomic E-state index is 0.161. The van der Waals surface area contributed by atoms with Gasteiger partial charge in [-0.2, -0.15) is 4.31 Å². The minimum atomic E-state index is -3.38. The molecule has 0 aliphatic heterocycles. The monoisotopic (exact) mass is 301 g/mol. The second kappa shape index (κ2) is 6.25. The molecule has 0 atom stereocenters. The first-order chi connectivity index (χ1) is 9.05. The lowest BCUT2D eigenvalue weighted by molar-refractivity contribution is 0.220. The molecule has 2 rings (SSSR count). The molecular weight excluding hydrogens is 282 g/mol. The maximum atomic E-state index is 12.7. The molecule has 5 heteroatoms. The Labute approximate surface area is 120 Å². The summed E-state index contributed by atoms with van der Waals surface area (Å²) in [6, 6.07) is 7.28. The largest absolute Gasteiger partial charge is 0.243 e. The molecule has 0 saturated heterocycles. The number of sulfonamides is 1. The van der Waals surface area contributed by atoms with Crippen LogP contribution in [0.3, 0.4) is 0 Å². The quantitative estimate of drug-likeness (QED) is 0.757. The Morgan fingerprint density at radius 1 is 1.37 bits per heavy atom. The third-order valence-corrected chi connectivity index (χ3v) is 5.81. The molecule has 1 aromatic rings. The third kappa shape index (κ3) is 3.30. The molecule has 0 amide bonds. The van der Waals surface area contributed by atoms with Crippen molar-refractivity contribution in [2.75, 3.05) is 12.4 Å². The van der Waals surface area contributed by atoms with Gasteiger partial charge >= 0.3 is 0 Å². The summed E-state index contributed by atoms with van der Waals surface area (Å²) in [5, 5.41) is 0. The SMILES string of the molecule is Cc1cccc(S(=O)(=O)N(CCCCl)C2CCC2)c1. The fraction of sp³-hybridized carbons (Fsp3) is 0.571. The third-order valence-electron chi connectivity index (χ3n) is 3.59. The average Bonchev–Trinajstić information content (AvgIpc) is 2.31. The van der Waals surface area contributed by atoms with Crippen molar-refractivity contribution >= 4 is 21.6 Å². The maximum Gasteiger partial charge on any atom is 0.243 e. The molecule has 0 spiro atoms. The summed E-state index contributed by atoms with van der Waals surface area (Å²) >= 11 is 5.71. The molecule has 0 radical (unpaired) electrons. The van der Waals surface area contributed by atoms with Crippen molar-refractivity contribution in [1.29, 1.82) is 0 Å². The van der Waals surface area contributed by atoms with Crippen LogP contribution in [0, 0.1) is 6.92 Å². The molecule has 0 bridgehead atoms. The molecule has 3 nitrogen and oxygen atoms in total. The summed E-state index contributed by atoms with van der Waals surface area (Å²) < 4.78 is 27.1. The number of aryl methyl sites for hydroxylation is 1. The van der Waals surface area contributed by atoms with Crippen LogP contribution in [-0.2, 0) is 10.0 Å². The van der Waals surface area contributed by atoms with E-state index >= 15 is 0 Å². The van der Waals surface area contributed by atoms with Gasteiger partial charge in [-0.3, -0.25) is 0 Å². The Kier molecular flexibility index (Phi) is 4.87. The Balaban J connectivity index is 2.27. The molecule has 1 fully saturated rings. The van der Waals surface area contributed by atoms with Crippen LogP contribution in [0.2, 0.25) is 0 Å². The van der Waals surface area contributed by atoms with E-state index in [9.17, 15) is 8.42 Å². The highest BCUT2D eigenvalue weighted by Crippen LogP contribution is 2.30. The number of nitrogens with zero attached hydrogens (tertiary/aromatic N) is 1. The van der Waals surface area contributed by atoms with Crippen molar-refractivity contribution in [3.05, 3.63) is 29.8 Å².